The maximum Gasteiger partial charge on any atom is 0.0891 e. The first-order chi connectivity index (χ1) is 7.72. The standard InChI is InChI=1S/C13H15ClN2/c1-9-10(5-3-7-15)8-11-4-2-6-12(14)13(11)16-9/h2,4,6,8H,3,5,7,15H2,1H3. The molecule has 84 valence electrons. The highest BCUT2D eigenvalue weighted by atomic mass is 35.5. The van der Waals surface area contributed by atoms with Crippen molar-refractivity contribution >= 4 is 22.5 Å². The third-order valence-corrected chi connectivity index (χ3v) is 3.05. The van der Waals surface area contributed by atoms with Crippen molar-refractivity contribution in [1.29, 1.82) is 0 Å². The van der Waals surface area contributed by atoms with Crippen molar-refractivity contribution in [3.63, 3.8) is 0 Å². The predicted octanol–water partition coefficient (Wildman–Crippen LogP) is 3.09. The Morgan fingerprint density at radius 3 is 2.94 bits per heavy atom. The highest BCUT2D eigenvalue weighted by Crippen LogP contribution is 2.23. The van der Waals surface area contributed by atoms with Crippen LogP contribution >= 0.6 is 11.6 Å². The van der Waals surface area contributed by atoms with Gasteiger partial charge < -0.3 is 5.73 Å². The van der Waals surface area contributed by atoms with Crippen molar-refractivity contribution < 1.29 is 0 Å². The number of para-hydroxylation sites is 1. The van der Waals surface area contributed by atoms with E-state index in [-0.39, 0.29) is 0 Å². The molecule has 0 saturated carbocycles. The molecule has 16 heavy (non-hydrogen) atoms. The van der Waals surface area contributed by atoms with E-state index in [1.54, 1.807) is 0 Å². The lowest BCUT2D eigenvalue weighted by atomic mass is 10.1. The van der Waals surface area contributed by atoms with Crippen LogP contribution in [0, 0.1) is 6.92 Å². The summed E-state index contributed by atoms with van der Waals surface area (Å²) in [6.07, 6.45) is 1.98. The Morgan fingerprint density at radius 2 is 2.19 bits per heavy atom. The number of hydrogen-bond donors (Lipinski definition) is 1. The number of rotatable bonds is 3. The third kappa shape index (κ3) is 2.18. The van der Waals surface area contributed by atoms with E-state index in [1.165, 1.54) is 5.56 Å². The fraction of sp³-hybridized carbons (Fsp3) is 0.308. The number of aromatic nitrogens is 1. The van der Waals surface area contributed by atoms with Gasteiger partial charge in [-0.05, 0) is 44.0 Å². The lowest BCUT2D eigenvalue weighted by Gasteiger charge is -2.07. The van der Waals surface area contributed by atoms with Gasteiger partial charge in [0.15, 0.2) is 0 Å². The second kappa shape index (κ2) is 4.81. The predicted molar refractivity (Wildman–Crippen MR) is 68.9 cm³/mol. The van der Waals surface area contributed by atoms with Crippen molar-refractivity contribution in [2.24, 2.45) is 5.73 Å². The van der Waals surface area contributed by atoms with E-state index in [2.05, 4.69) is 11.1 Å². The zero-order valence-electron chi connectivity index (χ0n) is 9.33. The molecule has 0 spiro atoms. The lowest BCUT2D eigenvalue weighted by molar-refractivity contribution is 0.824. The zero-order valence-corrected chi connectivity index (χ0v) is 10.1. The molecule has 2 nitrogen and oxygen atoms in total. The van der Waals surface area contributed by atoms with E-state index in [9.17, 15) is 0 Å². The molecule has 0 radical (unpaired) electrons. The van der Waals surface area contributed by atoms with Gasteiger partial charge in [-0.3, -0.25) is 4.98 Å². The van der Waals surface area contributed by atoms with Gasteiger partial charge in [-0.15, -0.1) is 0 Å². The summed E-state index contributed by atoms with van der Waals surface area (Å²) in [5.74, 6) is 0. The summed E-state index contributed by atoms with van der Waals surface area (Å²) >= 11 is 6.10. The van der Waals surface area contributed by atoms with Crippen molar-refractivity contribution in [2.75, 3.05) is 6.54 Å². The summed E-state index contributed by atoms with van der Waals surface area (Å²) in [7, 11) is 0. The molecule has 0 saturated heterocycles. The summed E-state index contributed by atoms with van der Waals surface area (Å²) in [5, 5.41) is 1.82. The first-order valence-corrected chi connectivity index (χ1v) is 5.85. The lowest BCUT2D eigenvalue weighted by Crippen LogP contribution is -2.02. The quantitative estimate of drug-likeness (QED) is 0.887. The fourth-order valence-corrected chi connectivity index (χ4v) is 2.07. The van der Waals surface area contributed by atoms with Gasteiger partial charge in [-0.25, -0.2) is 0 Å². The summed E-state index contributed by atoms with van der Waals surface area (Å²) in [6.45, 7) is 2.74. The molecule has 0 unspecified atom stereocenters. The molecular formula is C13H15ClN2. The number of aryl methyl sites for hydroxylation is 2. The summed E-state index contributed by atoms with van der Waals surface area (Å²) in [4.78, 5) is 4.56. The SMILES string of the molecule is Cc1nc2c(Cl)cccc2cc1CCCN. The molecule has 0 amide bonds. The number of hydrogen-bond acceptors (Lipinski definition) is 2. The van der Waals surface area contributed by atoms with E-state index in [0.29, 0.717) is 11.6 Å². The van der Waals surface area contributed by atoms with Crippen LogP contribution in [0.3, 0.4) is 0 Å². The minimum absolute atomic E-state index is 0.714. The van der Waals surface area contributed by atoms with Gasteiger partial charge in [0.25, 0.3) is 0 Å². The number of fused-ring (bicyclic) bond motifs is 1. The smallest absolute Gasteiger partial charge is 0.0891 e. The van der Waals surface area contributed by atoms with E-state index in [4.69, 9.17) is 17.3 Å². The molecule has 2 rings (SSSR count). The van der Waals surface area contributed by atoms with Gasteiger partial charge in [0.05, 0.1) is 10.5 Å². The second-order valence-electron chi connectivity index (χ2n) is 3.94. The average Bonchev–Trinajstić information content (AvgIpc) is 2.28. The first-order valence-electron chi connectivity index (χ1n) is 5.47. The van der Waals surface area contributed by atoms with Crippen LogP contribution in [-0.4, -0.2) is 11.5 Å². The normalized spacial score (nSPS) is 10.9. The number of benzene rings is 1. The Kier molecular flexibility index (Phi) is 3.42. The molecule has 0 aliphatic heterocycles. The number of halogens is 1. The van der Waals surface area contributed by atoms with Gasteiger partial charge in [0.2, 0.25) is 0 Å². The van der Waals surface area contributed by atoms with E-state index >= 15 is 0 Å². The molecule has 0 aliphatic rings. The van der Waals surface area contributed by atoms with Crippen LogP contribution in [0.4, 0.5) is 0 Å². The minimum atomic E-state index is 0.714. The van der Waals surface area contributed by atoms with E-state index < -0.39 is 0 Å². The Balaban J connectivity index is 2.50. The molecule has 0 bridgehead atoms. The summed E-state index contributed by atoms with van der Waals surface area (Å²) in [5.41, 5.74) is 8.72. The highest BCUT2D eigenvalue weighted by molar-refractivity contribution is 6.35. The van der Waals surface area contributed by atoms with Crippen LogP contribution in [0.15, 0.2) is 24.3 Å². The maximum absolute atomic E-state index is 6.10. The second-order valence-corrected chi connectivity index (χ2v) is 4.34. The third-order valence-electron chi connectivity index (χ3n) is 2.74. The van der Waals surface area contributed by atoms with Crippen LogP contribution in [0.2, 0.25) is 5.02 Å². The molecule has 2 N–H and O–H groups in total. The van der Waals surface area contributed by atoms with Crippen molar-refractivity contribution in [1.82, 2.24) is 4.98 Å². The highest BCUT2D eigenvalue weighted by Gasteiger charge is 2.05. The first kappa shape index (κ1) is 11.4. The molecule has 1 aromatic heterocycles. The molecule has 3 heteroatoms. The van der Waals surface area contributed by atoms with E-state index in [1.807, 2.05) is 25.1 Å². The Morgan fingerprint density at radius 1 is 1.38 bits per heavy atom. The summed E-state index contributed by atoms with van der Waals surface area (Å²) in [6, 6.07) is 8.03. The van der Waals surface area contributed by atoms with Crippen LogP contribution < -0.4 is 5.73 Å². The largest absolute Gasteiger partial charge is 0.330 e. The molecule has 0 atom stereocenters. The molecular weight excluding hydrogens is 220 g/mol. The maximum atomic E-state index is 6.10. The Bertz CT molecular complexity index is 509. The molecule has 2 aromatic rings. The average molecular weight is 235 g/mol. The Hall–Kier alpha value is -1.12. The molecule has 1 heterocycles. The number of nitrogens with zero attached hydrogens (tertiary/aromatic N) is 1. The zero-order chi connectivity index (χ0) is 11.5. The molecule has 1 aromatic carbocycles. The van der Waals surface area contributed by atoms with Crippen molar-refractivity contribution in [3.8, 4) is 0 Å². The van der Waals surface area contributed by atoms with Gasteiger partial charge >= 0.3 is 0 Å². The molecule has 0 aliphatic carbocycles. The van der Waals surface area contributed by atoms with E-state index in [0.717, 1.165) is 29.4 Å². The van der Waals surface area contributed by atoms with Gasteiger partial charge in [-0.1, -0.05) is 23.7 Å². The van der Waals surface area contributed by atoms with Crippen LogP contribution in [-0.2, 0) is 6.42 Å². The van der Waals surface area contributed by atoms with Crippen molar-refractivity contribution in [3.05, 3.63) is 40.5 Å². The Labute approximate surface area is 100 Å². The van der Waals surface area contributed by atoms with Gasteiger partial charge in [0.1, 0.15) is 0 Å². The topological polar surface area (TPSA) is 38.9 Å². The van der Waals surface area contributed by atoms with Crippen LogP contribution in [0.1, 0.15) is 17.7 Å². The number of pyridine rings is 1. The van der Waals surface area contributed by atoms with Crippen LogP contribution in [0.5, 0.6) is 0 Å². The van der Waals surface area contributed by atoms with Gasteiger partial charge in [0, 0.05) is 11.1 Å². The fourth-order valence-electron chi connectivity index (χ4n) is 1.84. The number of nitrogens with two attached hydrogens (primary N) is 1. The minimum Gasteiger partial charge on any atom is -0.330 e. The van der Waals surface area contributed by atoms with Crippen molar-refractivity contribution in [2.45, 2.75) is 19.8 Å². The monoisotopic (exact) mass is 234 g/mol. The van der Waals surface area contributed by atoms with Gasteiger partial charge in [-0.2, -0.15) is 0 Å². The van der Waals surface area contributed by atoms with Crippen LogP contribution in [0.25, 0.3) is 10.9 Å². The molecule has 0 fully saturated rings. The summed E-state index contributed by atoms with van der Waals surface area (Å²) < 4.78 is 0.